The van der Waals surface area contributed by atoms with Crippen molar-refractivity contribution < 1.29 is 19.1 Å². The first-order valence-electron chi connectivity index (χ1n) is 8.61. The smallest absolute Gasteiger partial charge is 0.328 e. The van der Waals surface area contributed by atoms with Crippen molar-refractivity contribution in [2.45, 2.75) is 33.2 Å². The number of carbonyl (C=O) groups is 3. The van der Waals surface area contributed by atoms with Crippen LogP contribution in [0, 0.1) is 13.8 Å². The van der Waals surface area contributed by atoms with Crippen LogP contribution in [0.3, 0.4) is 0 Å². The second-order valence-electron chi connectivity index (χ2n) is 6.47. The number of aromatic nitrogens is 3. The molecule has 0 atom stereocenters. The molecule has 1 fully saturated rings. The Bertz CT molecular complexity index is 830. The summed E-state index contributed by atoms with van der Waals surface area (Å²) in [5, 5.41) is 4.18. The minimum absolute atomic E-state index is 0.0429. The van der Waals surface area contributed by atoms with Crippen molar-refractivity contribution in [1.82, 2.24) is 19.7 Å². The molecular formula is C18H22N4O4. The molecule has 0 radical (unpaired) electrons. The highest BCUT2D eigenvalue weighted by Gasteiger charge is 2.22. The molecule has 0 bridgehead atoms. The molecule has 0 saturated carbocycles. The summed E-state index contributed by atoms with van der Waals surface area (Å²) in [6, 6.07) is 3.37. The van der Waals surface area contributed by atoms with Gasteiger partial charge in [-0.3, -0.25) is 19.1 Å². The van der Waals surface area contributed by atoms with E-state index in [1.165, 1.54) is 16.9 Å². The number of Topliss-reactive ketones (excluding diaryl/α,β-unsaturated/α-hetero) is 1. The van der Waals surface area contributed by atoms with Gasteiger partial charge in [-0.1, -0.05) is 0 Å². The molecule has 1 aliphatic heterocycles. The highest BCUT2D eigenvalue weighted by Crippen LogP contribution is 2.13. The van der Waals surface area contributed by atoms with E-state index in [1.807, 2.05) is 19.9 Å². The number of nitrogens with zero attached hydrogens (tertiary/aromatic N) is 3. The number of aryl methyl sites for hydroxylation is 2. The Morgan fingerprint density at radius 1 is 1.19 bits per heavy atom. The molecular weight excluding hydrogens is 336 g/mol. The quantitative estimate of drug-likeness (QED) is 0.623. The van der Waals surface area contributed by atoms with E-state index in [9.17, 15) is 14.4 Å². The molecule has 1 amide bonds. The second kappa shape index (κ2) is 7.55. The summed E-state index contributed by atoms with van der Waals surface area (Å²) in [7, 11) is 0. The fourth-order valence-electron chi connectivity index (χ4n) is 3.00. The van der Waals surface area contributed by atoms with Crippen molar-refractivity contribution in [2.75, 3.05) is 19.7 Å². The first kappa shape index (κ1) is 17.9. The van der Waals surface area contributed by atoms with E-state index in [2.05, 4.69) is 10.1 Å². The maximum Gasteiger partial charge on any atom is 0.328 e. The molecule has 2 aromatic rings. The van der Waals surface area contributed by atoms with Crippen LogP contribution in [-0.4, -0.2) is 57.0 Å². The number of carbonyl (C=O) groups excluding carboxylic acids is 3. The van der Waals surface area contributed by atoms with E-state index in [1.54, 1.807) is 4.90 Å². The van der Waals surface area contributed by atoms with Crippen LogP contribution < -0.4 is 0 Å². The molecule has 1 N–H and O–H groups in total. The third-order valence-corrected chi connectivity index (χ3v) is 4.38. The Kier molecular flexibility index (Phi) is 5.20. The molecule has 8 heteroatoms. The SMILES string of the molecule is Cc1cc(C)n(CC(=O)OCC(=O)c2c[nH]c(C(=O)N3CCCC3)c2)n1. The van der Waals surface area contributed by atoms with E-state index in [0.717, 1.165) is 37.3 Å². The Morgan fingerprint density at radius 3 is 2.58 bits per heavy atom. The molecule has 1 saturated heterocycles. The van der Waals surface area contributed by atoms with Gasteiger partial charge in [-0.2, -0.15) is 5.10 Å². The van der Waals surface area contributed by atoms with Crippen LogP contribution in [0.2, 0.25) is 0 Å². The lowest BCUT2D eigenvalue weighted by Crippen LogP contribution is -2.27. The zero-order valence-corrected chi connectivity index (χ0v) is 14.9. The van der Waals surface area contributed by atoms with E-state index in [0.29, 0.717) is 11.3 Å². The lowest BCUT2D eigenvalue weighted by molar-refractivity contribution is -0.143. The molecule has 0 aliphatic carbocycles. The number of hydrogen-bond donors (Lipinski definition) is 1. The van der Waals surface area contributed by atoms with Crippen molar-refractivity contribution in [2.24, 2.45) is 0 Å². The molecule has 3 heterocycles. The van der Waals surface area contributed by atoms with Crippen LogP contribution in [0.25, 0.3) is 0 Å². The van der Waals surface area contributed by atoms with Gasteiger partial charge < -0.3 is 14.6 Å². The molecule has 0 unspecified atom stereocenters. The van der Waals surface area contributed by atoms with Crippen LogP contribution in [-0.2, 0) is 16.1 Å². The zero-order valence-electron chi connectivity index (χ0n) is 14.9. The van der Waals surface area contributed by atoms with Gasteiger partial charge in [0.15, 0.2) is 6.61 Å². The topological polar surface area (TPSA) is 97.3 Å². The Morgan fingerprint density at radius 2 is 1.92 bits per heavy atom. The minimum Gasteiger partial charge on any atom is -0.456 e. The monoisotopic (exact) mass is 358 g/mol. The summed E-state index contributed by atoms with van der Waals surface area (Å²) in [6.07, 6.45) is 3.48. The molecule has 0 spiro atoms. The third-order valence-electron chi connectivity index (χ3n) is 4.38. The first-order valence-corrected chi connectivity index (χ1v) is 8.61. The van der Waals surface area contributed by atoms with Gasteiger partial charge in [0, 0.05) is 30.5 Å². The van der Waals surface area contributed by atoms with Crippen LogP contribution in [0.5, 0.6) is 0 Å². The van der Waals surface area contributed by atoms with Gasteiger partial charge in [-0.15, -0.1) is 0 Å². The fraction of sp³-hybridized carbons (Fsp3) is 0.444. The number of nitrogens with one attached hydrogen (secondary N) is 1. The zero-order chi connectivity index (χ0) is 18.7. The number of ketones is 1. The number of hydrogen-bond acceptors (Lipinski definition) is 5. The largest absolute Gasteiger partial charge is 0.456 e. The second-order valence-corrected chi connectivity index (χ2v) is 6.47. The predicted molar refractivity (Wildman–Crippen MR) is 92.9 cm³/mol. The number of amides is 1. The Hall–Kier alpha value is -2.90. The van der Waals surface area contributed by atoms with Gasteiger partial charge in [0.1, 0.15) is 12.2 Å². The van der Waals surface area contributed by atoms with E-state index in [-0.39, 0.29) is 24.8 Å². The average Bonchev–Trinajstić information content (AvgIpc) is 3.34. The van der Waals surface area contributed by atoms with Crippen molar-refractivity contribution >= 4 is 17.7 Å². The standard InChI is InChI=1S/C18H22N4O4/c1-12-7-13(2)22(20-12)10-17(24)26-11-16(23)14-8-15(19-9-14)18(25)21-5-3-4-6-21/h7-9,19H,3-6,10-11H2,1-2H3. The number of esters is 1. The summed E-state index contributed by atoms with van der Waals surface area (Å²) in [5.74, 6) is -1.00. The summed E-state index contributed by atoms with van der Waals surface area (Å²) in [4.78, 5) is 40.9. The predicted octanol–water partition coefficient (Wildman–Crippen LogP) is 1.49. The molecule has 0 aromatic carbocycles. The summed E-state index contributed by atoms with van der Waals surface area (Å²) in [5.41, 5.74) is 2.37. The maximum absolute atomic E-state index is 12.3. The molecule has 2 aromatic heterocycles. The third kappa shape index (κ3) is 4.01. The molecule has 8 nitrogen and oxygen atoms in total. The van der Waals surface area contributed by atoms with E-state index < -0.39 is 5.97 Å². The lowest BCUT2D eigenvalue weighted by Gasteiger charge is -2.13. The van der Waals surface area contributed by atoms with Crippen molar-refractivity contribution in [3.63, 3.8) is 0 Å². The van der Waals surface area contributed by atoms with E-state index in [4.69, 9.17) is 4.74 Å². The fourth-order valence-corrected chi connectivity index (χ4v) is 3.00. The van der Waals surface area contributed by atoms with E-state index >= 15 is 0 Å². The van der Waals surface area contributed by atoms with Crippen LogP contribution >= 0.6 is 0 Å². The first-order chi connectivity index (χ1) is 12.4. The average molecular weight is 358 g/mol. The van der Waals surface area contributed by atoms with Crippen LogP contribution in [0.4, 0.5) is 0 Å². The molecule has 3 rings (SSSR count). The highest BCUT2D eigenvalue weighted by atomic mass is 16.5. The highest BCUT2D eigenvalue weighted by molar-refractivity contribution is 6.01. The van der Waals surface area contributed by atoms with Crippen molar-refractivity contribution in [3.05, 3.63) is 41.0 Å². The van der Waals surface area contributed by atoms with Crippen LogP contribution in [0.1, 0.15) is 45.1 Å². The Labute approximate surface area is 151 Å². The number of aromatic amines is 1. The maximum atomic E-state index is 12.3. The Balaban J connectivity index is 1.52. The molecule has 26 heavy (non-hydrogen) atoms. The summed E-state index contributed by atoms with van der Waals surface area (Å²) in [6.45, 7) is 4.75. The van der Waals surface area contributed by atoms with Crippen molar-refractivity contribution in [1.29, 1.82) is 0 Å². The number of likely N-dealkylation sites (tertiary alicyclic amines) is 1. The number of H-pyrrole nitrogens is 1. The molecule has 138 valence electrons. The lowest BCUT2D eigenvalue weighted by atomic mass is 10.2. The number of ether oxygens (including phenoxy) is 1. The van der Waals surface area contributed by atoms with Gasteiger partial charge in [-0.05, 0) is 38.8 Å². The van der Waals surface area contributed by atoms with Gasteiger partial charge in [0.05, 0.1) is 5.69 Å². The van der Waals surface area contributed by atoms with Gasteiger partial charge in [-0.25, -0.2) is 0 Å². The van der Waals surface area contributed by atoms with Gasteiger partial charge in [0.2, 0.25) is 5.78 Å². The summed E-state index contributed by atoms with van der Waals surface area (Å²) >= 11 is 0. The van der Waals surface area contributed by atoms with Gasteiger partial charge >= 0.3 is 5.97 Å². The van der Waals surface area contributed by atoms with Crippen molar-refractivity contribution in [3.8, 4) is 0 Å². The summed E-state index contributed by atoms with van der Waals surface area (Å²) < 4.78 is 6.57. The normalized spacial score (nSPS) is 13.8. The van der Waals surface area contributed by atoms with Crippen LogP contribution in [0.15, 0.2) is 18.3 Å². The number of rotatable bonds is 6. The molecule has 1 aliphatic rings. The van der Waals surface area contributed by atoms with Gasteiger partial charge in [0.25, 0.3) is 5.91 Å². The minimum atomic E-state index is -0.534.